The van der Waals surface area contributed by atoms with E-state index < -0.39 is 0 Å². The Labute approximate surface area is 113 Å². The molecule has 1 atom stereocenters. The third-order valence-corrected chi connectivity index (χ3v) is 3.43. The fourth-order valence-electron chi connectivity index (χ4n) is 2.27. The zero-order valence-corrected chi connectivity index (χ0v) is 11.7. The summed E-state index contributed by atoms with van der Waals surface area (Å²) in [5.41, 5.74) is 4.99. The SMILES string of the molecule is Cc1ccccc1NC(C#N)c1c(C)nn(C)c1C. The molecule has 2 aromatic rings. The first-order valence-electron chi connectivity index (χ1n) is 6.26. The fourth-order valence-corrected chi connectivity index (χ4v) is 2.27. The zero-order chi connectivity index (χ0) is 14.0. The second kappa shape index (κ2) is 5.15. The number of nitriles is 1. The summed E-state index contributed by atoms with van der Waals surface area (Å²) in [6.45, 7) is 5.95. The Balaban J connectivity index is 2.37. The highest BCUT2D eigenvalue weighted by Crippen LogP contribution is 2.26. The van der Waals surface area contributed by atoms with Gasteiger partial charge in [0.05, 0.1) is 11.8 Å². The lowest BCUT2D eigenvalue weighted by atomic mass is 10.0. The highest BCUT2D eigenvalue weighted by atomic mass is 15.3. The van der Waals surface area contributed by atoms with Gasteiger partial charge in [0.1, 0.15) is 6.04 Å². The summed E-state index contributed by atoms with van der Waals surface area (Å²) in [6, 6.07) is 9.91. The minimum atomic E-state index is -0.380. The summed E-state index contributed by atoms with van der Waals surface area (Å²) < 4.78 is 1.81. The van der Waals surface area contributed by atoms with Crippen LogP contribution >= 0.6 is 0 Å². The lowest BCUT2D eigenvalue weighted by Gasteiger charge is -2.15. The van der Waals surface area contributed by atoms with Gasteiger partial charge in [-0.2, -0.15) is 10.4 Å². The molecule has 1 N–H and O–H groups in total. The number of benzene rings is 1. The van der Waals surface area contributed by atoms with E-state index in [2.05, 4.69) is 16.5 Å². The van der Waals surface area contributed by atoms with E-state index in [0.717, 1.165) is 28.2 Å². The number of nitrogens with one attached hydrogen (secondary N) is 1. The van der Waals surface area contributed by atoms with Crippen LogP contribution in [0.25, 0.3) is 0 Å². The molecule has 0 spiro atoms. The maximum atomic E-state index is 9.44. The van der Waals surface area contributed by atoms with Gasteiger partial charge in [-0.15, -0.1) is 0 Å². The Hall–Kier alpha value is -2.28. The van der Waals surface area contributed by atoms with E-state index in [-0.39, 0.29) is 6.04 Å². The van der Waals surface area contributed by atoms with Crippen molar-refractivity contribution in [3.63, 3.8) is 0 Å². The minimum absolute atomic E-state index is 0.380. The molecule has 0 bridgehead atoms. The number of anilines is 1. The molecule has 98 valence electrons. The minimum Gasteiger partial charge on any atom is -0.366 e. The molecule has 0 aliphatic carbocycles. The summed E-state index contributed by atoms with van der Waals surface area (Å²) in [5.74, 6) is 0. The maximum absolute atomic E-state index is 9.44. The van der Waals surface area contributed by atoms with E-state index in [9.17, 15) is 5.26 Å². The van der Waals surface area contributed by atoms with Gasteiger partial charge >= 0.3 is 0 Å². The van der Waals surface area contributed by atoms with Crippen molar-refractivity contribution in [2.24, 2.45) is 7.05 Å². The second-order valence-electron chi connectivity index (χ2n) is 4.73. The molecule has 0 aliphatic heterocycles. The smallest absolute Gasteiger partial charge is 0.143 e. The average Bonchev–Trinajstić information content (AvgIpc) is 2.63. The fraction of sp³-hybridized carbons (Fsp3) is 0.333. The van der Waals surface area contributed by atoms with Gasteiger partial charge in [-0.1, -0.05) is 18.2 Å². The Bertz CT molecular complexity index is 634. The van der Waals surface area contributed by atoms with Crippen LogP contribution in [0.1, 0.15) is 28.6 Å². The molecule has 1 unspecified atom stereocenters. The molecule has 4 heteroatoms. The van der Waals surface area contributed by atoms with Crippen molar-refractivity contribution < 1.29 is 0 Å². The number of rotatable bonds is 3. The Morgan fingerprint density at radius 1 is 1.26 bits per heavy atom. The first kappa shape index (κ1) is 13.2. The van der Waals surface area contributed by atoms with E-state index in [1.54, 1.807) is 0 Å². The van der Waals surface area contributed by atoms with Crippen LogP contribution in [0.15, 0.2) is 24.3 Å². The van der Waals surface area contributed by atoms with Crippen LogP contribution in [-0.2, 0) is 7.05 Å². The average molecular weight is 254 g/mol. The molecule has 1 aromatic heterocycles. The van der Waals surface area contributed by atoms with Gasteiger partial charge in [-0.3, -0.25) is 4.68 Å². The third kappa shape index (κ3) is 2.45. The quantitative estimate of drug-likeness (QED) is 0.916. The van der Waals surface area contributed by atoms with Crippen LogP contribution in [0, 0.1) is 32.1 Å². The van der Waals surface area contributed by atoms with Crippen LogP contribution in [0.3, 0.4) is 0 Å². The lowest BCUT2D eigenvalue weighted by Crippen LogP contribution is -2.11. The van der Waals surface area contributed by atoms with E-state index in [4.69, 9.17) is 0 Å². The largest absolute Gasteiger partial charge is 0.366 e. The molecule has 2 rings (SSSR count). The summed E-state index contributed by atoms with van der Waals surface area (Å²) in [4.78, 5) is 0. The molecular weight excluding hydrogens is 236 g/mol. The van der Waals surface area contributed by atoms with Gasteiger partial charge in [-0.25, -0.2) is 0 Å². The first-order chi connectivity index (χ1) is 9.04. The van der Waals surface area contributed by atoms with Gasteiger partial charge in [0.15, 0.2) is 0 Å². The number of para-hydroxylation sites is 1. The summed E-state index contributed by atoms with van der Waals surface area (Å²) in [7, 11) is 1.90. The van der Waals surface area contributed by atoms with Crippen molar-refractivity contribution in [1.82, 2.24) is 9.78 Å². The normalized spacial score (nSPS) is 11.9. The number of hydrogen-bond acceptors (Lipinski definition) is 3. The maximum Gasteiger partial charge on any atom is 0.143 e. The van der Waals surface area contributed by atoms with Crippen LogP contribution < -0.4 is 5.32 Å². The van der Waals surface area contributed by atoms with Crippen molar-refractivity contribution >= 4 is 5.69 Å². The number of hydrogen-bond donors (Lipinski definition) is 1. The van der Waals surface area contributed by atoms with Gasteiger partial charge in [-0.05, 0) is 32.4 Å². The predicted molar refractivity (Wildman–Crippen MR) is 75.8 cm³/mol. The lowest BCUT2D eigenvalue weighted by molar-refractivity contribution is 0.729. The van der Waals surface area contributed by atoms with Crippen molar-refractivity contribution in [1.29, 1.82) is 5.26 Å². The molecule has 0 aliphatic rings. The third-order valence-electron chi connectivity index (χ3n) is 3.43. The molecule has 0 saturated carbocycles. The molecule has 1 heterocycles. The molecule has 19 heavy (non-hydrogen) atoms. The monoisotopic (exact) mass is 254 g/mol. The molecule has 0 radical (unpaired) electrons. The summed E-state index contributed by atoms with van der Waals surface area (Å²) in [5, 5.41) is 17.1. The van der Waals surface area contributed by atoms with Gasteiger partial charge in [0.25, 0.3) is 0 Å². The molecule has 0 amide bonds. The topological polar surface area (TPSA) is 53.6 Å². The van der Waals surface area contributed by atoms with E-state index >= 15 is 0 Å². The Kier molecular flexibility index (Phi) is 3.57. The number of aryl methyl sites for hydroxylation is 3. The molecular formula is C15H18N4. The molecule has 4 nitrogen and oxygen atoms in total. The van der Waals surface area contributed by atoms with Gasteiger partial charge in [0.2, 0.25) is 0 Å². The van der Waals surface area contributed by atoms with Gasteiger partial charge < -0.3 is 5.32 Å². The number of aromatic nitrogens is 2. The van der Waals surface area contributed by atoms with E-state index in [1.807, 2.05) is 56.8 Å². The predicted octanol–water partition coefficient (Wildman–Crippen LogP) is 3.02. The van der Waals surface area contributed by atoms with Crippen LogP contribution in [-0.4, -0.2) is 9.78 Å². The molecule has 0 saturated heterocycles. The van der Waals surface area contributed by atoms with E-state index in [0.29, 0.717) is 0 Å². The highest BCUT2D eigenvalue weighted by Gasteiger charge is 2.20. The Morgan fingerprint density at radius 3 is 2.47 bits per heavy atom. The van der Waals surface area contributed by atoms with Crippen molar-refractivity contribution in [2.75, 3.05) is 5.32 Å². The van der Waals surface area contributed by atoms with Crippen molar-refractivity contribution in [2.45, 2.75) is 26.8 Å². The van der Waals surface area contributed by atoms with Crippen molar-refractivity contribution in [3.8, 4) is 6.07 Å². The Morgan fingerprint density at radius 2 is 1.95 bits per heavy atom. The molecule has 0 fully saturated rings. The van der Waals surface area contributed by atoms with Crippen LogP contribution in [0.4, 0.5) is 5.69 Å². The summed E-state index contributed by atoms with van der Waals surface area (Å²) >= 11 is 0. The standard InChI is InChI=1S/C15H18N4/c1-10-7-5-6-8-13(10)17-14(9-16)15-11(2)18-19(4)12(15)3/h5-8,14,17H,1-4H3. The highest BCUT2D eigenvalue weighted by molar-refractivity contribution is 5.54. The second-order valence-corrected chi connectivity index (χ2v) is 4.73. The van der Waals surface area contributed by atoms with Gasteiger partial charge in [0, 0.05) is 24.0 Å². The number of nitrogens with zero attached hydrogens (tertiary/aromatic N) is 3. The van der Waals surface area contributed by atoms with Crippen LogP contribution in [0.5, 0.6) is 0 Å². The first-order valence-corrected chi connectivity index (χ1v) is 6.26. The molecule has 1 aromatic carbocycles. The summed E-state index contributed by atoms with van der Waals surface area (Å²) in [6.07, 6.45) is 0. The van der Waals surface area contributed by atoms with Crippen LogP contribution in [0.2, 0.25) is 0 Å². The zero-order valence-electron chi connectivity index (χ0n) is 11.7. The van der Waals surface area contributed by atoms with E-state index in [1.165, 1.54) is 0 Å². The van der Waals surface area contributed by atoms with Crippen molar-refractivity contribution in [3.05, 3.63) is 46.8 Å².